The van der Waals surface area contributed by atoms with Gasteiger partial charge in [0, 0.05) is 26.8 Å². The van der Waals surface area contributed by atoms with Crippen LogP contribution in [0.25, 0.3) is 0 Å². The lowest BCUT2D eigenvalue weighted by molar-refractivity contribution is 0.145. The molecular formula is C19H29IN6O3. The van der Waals surface area contributed by atoms with Crippen molar-refractivity contribution in [2.24, 2.45) is 12.0 Å². The molecule has 1 aromatic carbocycles. The molecule has 0 fully saturated rings. The fourth-order valence-corrected chi connectivity index (χ4v) is 2.68. The van der Waals surface area contributed by atoms with E-state index in [0.29, 0.717) is 13.1 Å². The molecule has 0 saturated carbocycles. The number of halogens is 1. The number of ether oxygens (including phenoxy) is 3. The molecule has 0 aliphatic carbocycles. The van der Waals surface area contributed by atoms with E-state index in [1.807, 2.05) is 43.7 Å². The fourth-order valence-electron chi connectivity index (χ4n) is 2.68. The molecule has 10 heteroatoms. The van der Waals surface area contributed by atoms with E-state index in [1.54, 1.807) is 0 Å². The average molecular weight is 516 g/mol. The molecule has 0 atom stereocenters. The van der Waals surface area contributed by atoms with Crippen LogP contribution in [-0.4, -0.2) is 47.3 Å². The van der Waals surface area contributed by atoms with Gasteiger partial charge in [-0.3, -0.25) is 0 Å². The van der Waals surface area contributed by atoms with Crippen LogP contribution < -0.4 is 20.1 Å². The van der Waals surface area contributed by atoms with Gasteiger partial charge in [-0.05, 0) is 38.0 Å². The average Bonchev–Trinajstić information content (AvgIpc) is 3.30. The first-order valence-corrected chi connectivity index (χ1v) is 9.50. The Labute approximate surface area is 188 Å². The minimum absolute atomic E-state index is 0. The van der Waals surface area contributed by atoms with Gasteiger partial charge < -0.3 is 29.4 Å². The molecular weight excluding hydrogens is 487 g/mol. The van der Waals surface area contributed by atoms with Crippen LogP contribution in [0.3, 0.4) is 0 Å². The van der Waals surface area contributed by atoms with Gasteiger partial charge in [-0.15, -0.1) is 34.2 Å². The highest BCUT2D eigenvalue weighted by Crippen LogP contribution is 2.32. The second-order valence-electron chi connectivity index (χ2n) is 6.41. The molecule has 0 amide bonds. The zero-order valence-corrected chi connectivity index (χ0v) is 19.4. The lowest BCUT2D eigenvalue weighted by atomic mass is 10.2. The highest BCUT2D eigenvalue weighted by atomic mass is 127. The van der Waals surface area contributed by atoms with E-state index < -0.39 is 0 Å². The third kappa shape index (κ3) is 6.74. The predicted octanol–water partition coefficient (Wildman–Crippen LogP) is 2.13. The molecule has 1 aliphatic rings. The number of aliphatic imine (C=N–C) groups is 1. The van der Waals surface area contributed by atoms with Crippen molar-refractivity contribution in [1.82, 2.24) is 25.4 Å². The molecule has 2 aromatic rings. The van der Waals surface area contributed by atoms with Crippen molar-refractivity contribution in [3.05, 3.63) is 35.4 Å². The number of nitrogens with one attached hydrogen (secondary N) is 2. The van der Waals surface area contributed by atoms with Crippen LogP contribution in [0.15, 0.2) is 23.2 Å². The van der Waals surface area contributed by atoms with Crippen LogP contribution in [0.2, 0.25) is 0 Å². The summed E-state index contributed by atoms with van der Waals surface area (Å²) in [7, 11) is 1.95. The number of hydrogen-bond donors (Lipinski definition) is 2. The molecule has 3 rings (SSSR count). The van der Waals surface area contributed by atoms with E-state index in [-0.39, 0.29) is 30.8 Å². The van der Waals surface area contributed by atoms with Gasteiger partial charge in [0.25, 0.3) is 0 Å². The largest absolute Gasteiger partial charge is 0.454 e. The Bertz CT molecular complexity index is 811. The lowest BCUT2D eigenvalue weighted by Crippen LogP contribution is -2.38. The van der Waals surface area contributed by atoms with Crippen molar-refractivity contribution < 1.29 is 14.2 Å². The summed E-state index contributed by atoms with van der Waals surface area (Å²) in [5, 5.41) is 14.9. The predicted molar refractivity (Wildman–Crippen MR) is 121 cm³/mol. The van der Waals surface area contributed by atoms with E-state index in [9.17, 15) is 0 Å². The summed E-state index contributed by atoms with van der Waals surface area (Å²) in [5.74, 6) is 3.98. The Morgan fingerprint density at radius 1 is 1.24 bits per heavy atom. The Morgan fingerprint density at radius 3 is 2.83 bits per heavy atom. The van der Waals surface area contributed by atoms with Gasteiger partial charge in [-0.2, -0.15) is 0 Å². The maximum Gasteiger partial charge on any atom is 0.231 e. The van der Waals surface area contributed by atoms with E-state index in [4.69, 9.17) is 14.2 Å². The fraction of sp³-hybridized carbons (Fsp3) is 0.526. The van der Waals surface area contributed by atoms with Crippen molar-refractivity contribution in [3.63, 3.8) is 0 Å². The van der Waals surface area contributed by atoms with E-state index in [0.717, 1.165) is 60.9 Å². The Morgan fingerprint density at radius 2 is 2.07 bits per heavy atom. The van der Waals surface area contributed by atoms with E-state index in [2.05, 4.69) is 25.8 Å². The Kier molecular flexibility index (Phi) is 9.45. The molecule has 0 radical (unpaired) electrons. The van der Waals surface area contributed by atoms with Gasteiger partial charge in [0.1, 0.15) is 5.82 Å². The number of hydrogen-bond acceptors (Lipinski definition) is 6. The van der Waals surface area contributed by atoms with Crippen molar-refractivity contribution in [3.8, 4) is 11.5 Å². The molecule has 2 N–H and O–H groups in total. The molecule has 160 valence electrons. The summed E-state index contributed by atoms with van der Waals surface area (Å²) >= 11 is 0. The van der Waals surface area contributed by atoms with E-state index >= 15 is 0 Å². The number of fused-ring (bicyclic) bond motifs is 1. The van der Waals surface area contributed by atoms with Gasteiger partial charge in [0.2, 0.25) is 6.79 Å². The SMILES string of the molecule is CCOCCCNC(=NCc1ccc2c(c1)OCO2)NCc1nnc(C)n1C.I. The molecule has 0 bridgehead atoms. The summed E-state index contributed by atoms with van der Waals surface area (Å²) in [4.78, 5) is 4.69. The van der Waals surface area contributed by atoms with Crippen LogP contribution in [0.4, 0.5) is 0 Å². The number of benzene rings is 1. The maximum atomic E-state index is 5.44. The molecule has 29 heavy (non-hydrogen) atoms. The summed E-state index contributed by atoms with van der Waals surface area (Å²) < 4.78 is 18.1. The molecule has 0 spiro atoms. The van der Waals surface area contributed by atoms with Crippen LogP contribution in [0, 0.1) is 6.92 Å². The smallest absolute Gasteiger partial charge is 0.231 e. The molecule has 0 unspecified atom stereocenters. The minimum atomic E-state index is 0. The second-order valence-corrected chi connectivity index (χ2v) is 6.41. The number of rotatable bonds is 9. The van der Waals surface area contributed by atoms with Crippen molar-refractivity contribution in [2.75, 3.05) is 26.6 Å². The zero-order chi connectivity index (χ0) is 19.8. The monoisotopic (exact) mass is 516 g/mol. The Hall–Kier alpha value is -2.08. The normalized spacial score (nSPS) is 12.6. The maximum absolute atomic E-state index is 5.44. The molecule has 0 saturated heterocycles. The van der Waals surface area contributed by atoms with Crippen LogP contribution >= 0.6 is 24.0 Å². The van der Waals surface area contributed by atoms with Crippen LogP contribution in [0.5, 0.6) is 11.5 Å². The molecule has 2 heterocycles. The number of guanidine groups is 1. The third-order valence-electron chi connectivity index (χ3n) is 4.42. The minimum Gasteiger partial charge on any atom is -0.454 e. The molecule has 1 aromatic heterocycles. The topological polar surface area (TPSA) is 94.8 Å². The molecule has 9 nitrogen and oxygen atoms in total. The standard InChI is InChI=1S/C19H28N6O3.HI/c1-4-26-9-5-8-20-19(22-12-18-24-23-14(2)25(18)3)21-11-15-6-7-16-17(10-15)28-13-27-16;/h6-7,10H,4-5,8-9,11-13H2,1-3H3,(H2,20,21,22);1H. The zero-order valence-electron chi connectivity index (χ0n) is 17.1. The van der Waals surface area contributed by atoms with Gasteiger partial charge in [-0.1, -0.05) is 6.07 Å². The number of nitrogens with zero attached hydrogens (tertiary/aromatic N) is 4. The summed E-state index contributed by atoms with van der Waals surface area (Å²) in [6.07, 6.45) is 0.904. The Balaban J connectivity index is 0.00000300. The van der Waals surface area contributed by atoms with Crippen LogP contribution in [0.1, 0.15) is 30.6 Å². The van der Waals surface area contributed by atoms with E-state index in [1.165, 1.54) is 0 Å². The first-order valence-electron chi connectivity index (χ1n) is 9.50. The van der Waals surface area contributed by atoms with Crippen molar-refractivity contribution in [2.45, 2.75) is 33.4 Å². The van der Waals surface area contributed by atoms with Gasteiger partial charge in [0.15, 0.2) is 23.3 Å². The highest BCUT2D eigenvalue weighted by molar-refractivity contribution is 14.0. The summed E-state index contributed by atoms with van der Waals surface area (Å²) in [5.41, 5.74) is 1.05. The van der Waals surface area contributed by atoms with Crippen molar-refractivity contribution in [1.29, 1.82) is 0 Å². The lowest BCUT2D eigenvalue weighted by Gasteiger charge is -2.13. The van der Waals surface area contributed by atoms with Gasteiger partial charge >= 0.3 is 0 Å². The highest BCUT2D eigenvalue weighted by Gasteiger charge is 2.13. The van der Waals surface area contributed by atoms with Gasteiger partial charge in [0.05, 0.1) is 13.1 Å². The van der Waals surface area contributed by atoms with Gasteiger partial charge in [-0.25, -0.2) is 4.99 Å². The number of aromatic nitrogens is 3. The second kappa shape index (κ2) is 11.8. The summed E-state index contributed by atoms with van der Waals surface area (Å²) in [6.45, 7) is 7.48. The quantitative estimate of drug-likeness (QED) is 0.228. The van der Waals surface area contributed by atoms with Crippen LogP contribution in [-0.2, 0) is 24.9 Å². The first kappa shape index (κ1) is 23.2. The third-order valence-corrected chi connectivity index (χ3v) is 4.42. The number of aryl methyl sites for hydroxylation is 1. The first-order chi connectivity index (χ1) is 13.7. The van der Waals surface area contributed by atoms with Crippen molar-refractivity contribution >= 4 is 29.9 Å². The summed E-state index contributed by atoms with van der Waals surface area (Å²) in [6, 6.07) is 5.87. The molecule has 1 aliphatic heterocycles.